The lowest BCUT2D eigenvalue weighted by Gasteiger charge is -2.32. The van der Waals surface area contributed by atoms with Gasteiger partial charge in [-0.25, -0.2) is 0 Å². The number of fused-ring (bicyclic) bond motifs is 1. The topological polar surface area (TPSA) is 11.4 Å². The Bertz CT molecular complexity index is 918. The molecular formula is C25H32N3. The van der Waals surface area contributed by atoms with Crippen molar-refractivity contribution >= 4 is 10.9 Å². The van der Waals surface area contributed by atoms with E-state index >= 15 is 0 Å². The second kappa shape index (κ2) is 8.50. The number of aromatic nitrogens is 1. The van der Waals surface area contributed by atoms with Crippen LogP contribution in [0.15, 0.2) is 42.5 Å². The van der Waals surface area contributed by atoms with Gasteiger partial charge in [-0.05, 0) is 75.2 Å². The van der Waals surface area contributed by atoms with Gasteiger partial charge in [-0.1, -0.05) is 30.3 Å². The standard InChI is InChI=1S/C25H32N3/c1-20-21(2)28(13-7-12-27-16-14-26(3)15-17-27)25-11-10-23(19-24(20)25)18-22-8-5-4-6-9-22/h4-5,8-11,19H,7,12-18H2,1-3H3. The van der Waals surface area contributed by atoms with E-state index in [0.717, 1.165) is 13.0 Å². The Morgan fingerprint density at radius 1 is 0.964 bits per heavy atom. The third-order valence-electron chi connectivity index (χ3n) is 6.34. The summed E-state index contributed by atoms with van der Waals surface area (Å²) in [5.74, 6) is 0. The van der Waals surface area contributed by atoms with E-state index in [9.17, 15) is 0 Å². The van der Waals surface area contributed by atoms with Crippen LogP contribution >= 0.6 is 0 Å². The van der Waals surface area contributed by atoms with Gasteiger partial charge in [-0.3, -0.25) is 0 Å². The maximum atomic E-state index is 3.18. The maximum absolute atomic E-state index is 3.18. The van der Waals surface area contributed by atoms with Crippen molar-refractivity contribution in [3.05, 3.63) is 70.9 Å². The predicted octanol–water partition coefficient (Wildman–Crippen LogP) is 4.29. The summed E-state index contributed by atoms with van der Waals surface area (Å²) >= 11 is 0. The van der Waals surface area contributed by atoms with Gasteiger partial charge in [-0.2, -0.15) is 0 Å². The zero-order valence-electron chi connectivity index (χ0n) is 17.5. The molecule has 1 radical (unpaired) electrons. The van der Waals surface area contributed by atoms with Gasteiger partial charge in [0.05, 0.1) is 0 Å². The molecule has 1 fully saturated rings. The van der Waals surface area contributed by atoms with E-state index in [4.69, 9.17) is 0 Å². The van der Waals surface area contributed by atoms with Crippen LogP contribution in [0.2, 0.25) is 0 Å². The van der Waals surface area contributed by atoms with Crippen molar-refractivity contribution in [3.8, 4) is 0 Å². The van der Waals surface area contributed by atoms with Gasteiger partial charge in [0.15, 0.2) is 0 Å². The molecular weight excluding hydrogens is 342 g/mol. The molecule has 1 aliphatic rings. The number of rotatable bonds is 6. The van der Waals surface area contributed by atoms with Crippen molar-refractivity contribution in [2.24, 2.45) is 0 Å². The highest BCUT2D eigenvalue weighted by atomic mass is 15.2. The monoisotopic (exact) mass is 374 g/mol. The number of hydrogen-bond donors (Lipinski definition) is 0. The van der Waals surface area contributed by atoms with Crippen molar-refractivity contribution in [3.63, 3.8) is 0 Å². The van der Waals surface area contributed by atoms with Crippen molar-refractivity contribution < 1.29 is 0 Å². The summed E-state index contributed by atoms with van der Waals surface area (Å²) in [5.41, 5.74) is 6.93. The molecule has 147 valence electrons. The van der Waals surface area contributed by atoms with Crippen molar-refractivity contribution in [2.75, 3.05) is 39.8 Å². The molecule has 0 atom stereocenters. The molecule has 3 aromatic rings. The third-order valence-corrected chi connectivity index (χ3v) is 6.34. The van der Waals surface area contributed by atoms with Gasteiger partial charge in [-0.15, -0.1) is 0 Å². The number of benzene rings is 2. The molecule has 0 saturated carbocycles. The molecule has 0 aliphatic carbocycles. The fourth-order valence-corrected chi connectivity index (χ4v) is 4.40. The van der Waals surface area contributed by atoms with Gasteiger partial charge in [0.2, 0.25) is 0 Å². The number of hydrogen-bond acceptors (Lipinski definition) is 2. The summed E-state index contributed by atoms with van der Waals surface area (Å²) in [6.45, 7) is 11.7. The molecule has 0 bridgehead atoms. The lowest BCUT2D eigenvalue weighted by Crippen LogP contribution is -2.44. The zero-order valence-corrected chi connectivity index (χ0v) is 17.5. The van der Waals surface area contributed by atoms with Crippen LogP contribution in [0.3, 0.4) is 0 Å². The number of likely N-dealkylation sites (N-methyl/N-ethyl adjacent to an activating group) is 1. The summed E-state index contributed by atoms with van der Waals surface area (Å²) in [4.78, 5) is 5.04. The lowest BCUT2D eigenvalue weighted by atomic mass is 10.0. The van der Waals surface area contributed by atoms with E-state index in [1.165, 1.54) is 72.4 Å². The van der Waals surface area contributed by atoms with Crippen LogP contribution in [0.25, 0.3) is 10.9 Å². The molecule has 1 aliphatic heterocycles. The van der Waals surface area contributed by atoms with E-state index in [1.807, 2.05) is 6.07 Å². The first-order chi connectivity index (χ1) is 13.6. The Balaban J connectivity index is 1.47. The Hall–Kier alpha value is -2.10. The first kappa shape index (κ1) is 19.2. The van der Waals surface area contributed by atoms with Gasteiger partial charge >= 0.3 is 0 Å². The first-order valence-electron chi connectivity index (χ1n) is 10.6. The molecule has 0 spiro atoms. The van der Waals surface area contributed by atoms with Crippen LogP contribution in [0.5, 0.6) is 0 Å². The van der Waals surface area contributed by atoms with Crippen LogP contribution in [0.1, 0.15) is 28.8 Å². The highest BCUT2D eigenvalue weighted by Crippen LogP contribution is 2.27. The first-order valence-corrected chi connectivity index (χ1v) is 10.6. The van der Waals surface area contributed by atoms with Crippen LogP contribution in [-0.4, -0.2) is 54.1 Å². The molecule has 4 rings (SSSR count). The normalized spacial score (nSPS) is 16.1. The lowest BCUT2D eigenvalue weighted by molar-refractivity contribution is 0.151. The van der Waals surface area contributed by atoms with Crippen molar-refractivity contribution in [1.82, 2.24) is 14.4 Å². The Labute approximate surface area is 169 Å². The molecule has 0 amide bonds. The minimum atomic E-state index is 0.973. The zero-order chi connectivity index (χ0) is 19.5. The number of piperazine rings is 1. The van der Waals surface area contributed by atoms with Crippen LogP contribution < -0.4 is 0 Å². The van der Waals surface area contributed by atoms with Gasteiger partial charge in [0, 0.05) is 49.3 Å². The van der Waals surface area contributed by atoms with Crippen LogP contribution in [0, 0.1) is 19.9 Å². The fraction of sp³-hybridized carbons (Fsp3) is 0.440. The SMILES string of the molecule is Cc1c(C)n(CCCN2CCN(C)CC2)c2ccc(Cc3c[c]ccc3)cc12. The summed E-state index contributed by atoms with van der Waals surface area (Å²) in [6, 6.07) is 18.5. The molecule has 28 heavy (non-hydrogen) atoms. The van der Waals surface area contributed by atoms with E-state index in [2.05, 4.69) is 77.7 Å². The minimum Gasteiger partial charge on any atom is -0.345 e. The Morgan fingerprint density at radius 3 is 2.54 bits per heavy atom. The molecule has 0 unspecified atom stereocenters. The average molecular weight is 375 g/mol. The highest BCUT2D eigenvalue weighted by Gasteiger charge is 2.15. The fourth-order valence-electron chi connectivity index (χ4n) is 4.40. The van der Waals surface area contributed by atoms with Gasteiger partial charge in [0.1, 0.15) is 0 Å². The Kier molecular flexibility index (Phi) is 5.84. The van der Waals surface area contributed by atoms with E-state index in [-0.39, 0.29) is 0 Å². The maximum Gasteiger partial charge on any atom is 0.0485 e. The largest absolute Gasteiger partial charge is 0.345 e. The predicted molar refractivity (Wildman–Crippen MR) is 118 cm³/mol. The van der Waals surface area contributed by atoms with Gasteiger partial charge < -0.3 is 14.4 Å². The van der Waals surface area contributed by atoms with Crippen molar-refractivity contribution in [1.29, 1.82) is 0 Å². The molecule has 1 saturated heterocycles. The van der Waals surface area contributed by atoms with E-state index < -0.39 is 0 Å². The second-order valence-corrected chi connectivity index (χ2v) is 8.30. The highest BCUT2D eigenvalue weighted by molar-refractivity contribution is 5.86. The minimum absolute atomic E-state index is 0.973. The summed E-state index contributed by atoms with van der Waals surface area (Å²) in [7, 11) is 2.22. The summed E-state index contributed by atoms with van der Waals surface area (Å²) in [6.07, 6.45) is 2.19. The quantitative estimate of drug-likeness (QED) is 0.638. The number of aryl methyl sites for hydroxylation is 2. The molecule has 3 heteroatoms. The molecule has 3 nitrogen and oxygen atoms in total. The van der Waals surface area contributed by atoms with Crippen LogP contribution in [-0.2, 0) is 13.0 Å². The van der Waals surface area contributed by atoms with Crippen molar-refractivity contribution in [2.45, 2.75) is 33.2 Å². The molecule has 2 heterocycles. The molecule has 0 N–H and O–H groups in total. The van der Waals surface area contributed by atoms with E-state index in [1.54, 1.807) is 0 Å². The average Bonchev–Trinajstić information content (AvgIpc) is 2.95. The Morgan fingerprint density at radius 2 is 1.79 bits per heavy atom. The summed E-state index contributed by atoms with van der Waals surface area (Å²) in [5, 5.41) is 1.41. The second-order valence-electron chi connectivity index (χ2n) is 8.30. The number of nitrogens with zero attached hydrogens (tertiary/aromatic N) is 3. The summed E-state index contributed by atoms with van der Waals surface area (Å²) < 4.78 is 2.53. The third kappa shape index (κ3) is 4.16. The van der Waals surface area contributed by atoms with Gasteiger partial charge in [0.25, 0.3) is 0 Å². The smallest absolute Gasteiger partial charge is 0.0485 e. The van der Waals surface area contributed by atoms with Crippen LogP contribution in [0.4, 0.5) is 0 Å². The molecule has 2 aromatic carbocycles. The molecule has 1 aromatic heterocycles. The van der Waals surface area contributed by atoms with E-state index in [0.29, 0.717) is 0 Å².